The molecule has 4 saturated carbocycles. The standard InChI is InChI=1S/C22H27ClN5O2/c1-21(2)29-16-15(12-8-22(12,3)17(16)30-21)28-9-24-14-18(26-20(23)27-19(14)28)25-13(10-4-5-10)11-6-7-11/h9-13,15-17H,3-8H2,1-2H3,(H,25,26,27)/t12-,15-,16+,17+,22-/m1/s1. The quantitative estimate of drug-likeness (QED) is 0.725. The van der Waals surface area contributed by atoms with Crippen molar-refractivity contribution >= 4 is 28.6 Å². The molecule has 7 nitrogen and oxygen atoms in total. The van der Waals surface area contributed by atoms with Crippen LogP contribution in [0.5, 0.6) is 0 Å². The van der Waals surface area contributed by atoms with E-state index in [4.69, 9.17) is 26.1 Å². The Morgan fingerprint density at radius 1 is 1.20 bits per heavy atom. The molecule has 2 aromatic heterocycles. The lowest BCUT2D eigenvalue weighted by Crippen LogP contribution is -2.31. The van der Waals surface area contributed by atoms with Gasteiger partial charge in [0.1, 0.15) is 6.10 Å². The van der Waals surface area contributed by atoms with E-state index < -0.39 is 5.79 Å². The first-order valence-corrected chi connectivity index (χ1v) is 11.6. The molecule has 30 heavy (non-hydrogen) atoms. The maximum absolute atomic E-state index is 6.39. The Morgan fingerprint density at radius 3 is 2.63 bits per heavy atom. The van der Waals surface area contributed by atoms with Crippen LogP contribution < -0.4 is 5.32 Å². The summed E-state index contributed by atoms with van der Waals surface area (Å²) in [5, 5.41) is 3.96. The summed E-state index contributed by atoms with van der Waals surface area (Å²) >= 11 is 6.39. The summed E-state index contributed by atoms with van der Waals surface area (Å²) < 4.78 is 14.7. The van der Waals surface area contributed by atoms with Gasteiger partial charge in [0.15, 0.2) is 22.8 Å². The molecule has 5 aliphatic rings. The van der Waals surface area contributed by atoms with Crippen molar-refractivity contribution in [1.82, 2.24) is 19.5 Å². The summed E-state index contributed by atoms with van der Waals surface area (Å²) in [5.41, 5.74) is 1.49. The molecule has 0 amide bonds. The monoisotopic (exact) mass is 428 g/mol. The maximum Gasteiger partial charge on any atom is 0.226 e. The van der Waals surface area contributed by atoms with Gasteiger partial charge in [0, 0.05) is 11.5 Å². The van der Waals surface area contributed by atoms with Gasteiger partial charge in [-0.05, 0) is 82.2 Å². The van der Waals surface area contributed by atoms with E-state index in [0.29, 0.717) is 12.0 Å². The van der Waals surface area contributed by atoms with Crippen molar-refractivity contribution in [3.8, 4) is 0 Å². The third-order valence-electron chi connectivity index (χ3n) is 7.90. The molecule has 0 bridgehead atoms. The Balaban J connectivity index is 1.28. The van der Waals surface area contributed by atoms with E-state index in [-0.39, 0.29) is 28.9 Å². The smallest absolute Gasteiger partial charge is 0.226 e. The fraction of sp³-hybridized carbons (Fsp3) is 0.727. The fourth-order valence-corrected chi connectivity index (χ4v) is 6.27. The highest BCUT2D eigenvalue weighted by molar-refractivity contribution is 6.28. The van der Waals surface area contributed by atoms with Crippen LogP contribution in [-0.4, -0.2) is 43.6 Å². The van der Waals surface area contributed by atoms with Gasteiger partial charge in [0.2, 0.25) is 5.28 Å². The summed E-state index contributed by atoms with van der Waals surface area (Å²) in [6.07, 6.45) is 8.07. The number of nitrogens with one attached hydrogen (secondary N) is 1. The summed E-state index contributed by atoms with van der Waals surface area (Å²) in [5.74, 6) is 2.08. The molecule has 0 aromatic carbocycles. The molecule has 1 radical (unpaired) electrons. The average molecular weight is 429 g/mol. The Labute approximate surface area is 180 Å². The van der Waals surface area contributed by atoms with E-state index in [2.05, 4.69) is 26.8 Å². The van der Waals surface area contributed by atoms with Crippen molar-refractivity contribution in [3.63, 3.8) is 0 Å². The van der Waals surface area contributed by atoms with Crippen LogP contribution in [0.4, 0.5) is 5.82 Å². The van der Waals surface area contributed by atoms with Crippen LogP contribution in [0.2, 0.25) is 5.28 Å². The van der Waals surface area contributed by atoms with Crippen LogP contribution in [0.15, 0.2) is 6.33 Å². The maximum atomic E-state index is 6.39. The molecule has 3 heterocycles. The minimum atomic E-state index is -0.594. The van der Waals surface area contributed by atoms with Crippen molar-refractivity contribution in [1.29, 1.82) is 0 Å². The molecule has 8 heteroatoms. The summed E-state index contributed by atoms with van der Waals surface area (Å²) in [6, 6.07) is 0.573. The van der Waals surface area contributed by atoms with Gasteiger partial charge in [-0.3, -0.25) is 0 Å². The van der Waals surface area contributed by atoms with Gasteiger partial charge in [0.05, 0.1) is 18.5 Å². The van der Waals surface area contributed by atoms with Gasteiger partial charge >= 0.3 is 0 Å². The lowest BCUT2D eigenvalue weighted by Gasteiger charge is -2.24. The molecule has 5 fully saturated rings. The molecule has 1 aliphatic heterocycles. The topological polar surface area (TPSA) is 74.1 Å². The largest absolute Gasteiger partial charge is 0.365 e. The number of imidazole rings is 1. The van der Waals surface area contributed by atoms with Crippen molar-refractivity contribution in [3.05, 3.63) is 18.5 Å². The second-order valence-electron chi connectivity index (χ2n) is 10.6. The first kappa shape index (κ1) is 18.2. The highest BCUT2D eigenvalue weighted by atomic mass is 35.5. The number of fused-ring (bicyclic) bond motifs is 4. The molecule has 0 spiro atoms. The predicted octanol–water partition coefficient (Wildman–Crippen LogP) is 4.00. The molecule has 159 valence electrons. The van der Waals surface area contributed by atoms with Crippen molar-refractivity contribution in [2.75, 3.05) is 5.32 Å². The van der Waals surface area contributed by atoms with E-state index in [0.717, 1.165) is 35.2 Å². The van der Waals surface area contributed by atoms with E-state index >= 15 is 0 Å². The van der Waals surface area contributed by atoms with Crippen LogP contribution in [-0.2, 0) is 9.47 Å². The van der Waals surface area contributed by atoms with Gasteiger partial charge in [-0.2, -0.15) is 9.97 Å². The van der Waals surface area contributed by atoms with Crippen LogP contribution in [0.25, 0.3) is 11.2 Å². The number of aromatic nitrogens is 4. The normalized spacial score (nSPS) is 38.8. The highest BCUT2D eigenvalue weighted by Crippen LogP contribution is 2.71. The minimum Gasteiger partial charge on any atom is -0.365 e. The van der Waals surface area contributed by atoms with E-state index in [1.807, 2.05) is 20.2 Å². The van der Waals surface area contributed by atoms with Gasteiger partial charge in [-0.25, -0.2) is 4.98 Å². The van der Waals surface area contributed by atoms with Gasteiger partial charge in [-0.1, -0.05) is 0 Å². The molecule has 5 atom stereocenters. The second kappa shape index (κ2) is 5.67. The number of hydrogen-bond donors (Lipinski definition) is 1. The van der Waals surface area contributed by atoms with E-state index in [1.54, 1.807) is 0 Å². The van der Waals surface area contributed by atoms with Crippen molar-refractivity contribution in [2.24, 2.45) is 23.2 Å². The number of hydrogen-bond acceptors (Lipinski definition) is 6. The average Bonchev–Trinajstić information content (AvgIpc) is 3.59. The Kier molecular flexibility index (Phi) is 3.43. The first-order chi connectivity index (χ1) is 14.3. The van der Waals surface area contributed by atoms with E-state index in [9.17, 15) is 0 Å². The number of anilines is 1. The predicted molar refractivity (Wildman–Crippen MR) is 112 cm³/mol. The summed E-state index contributed by atoms with van der Waals surface area (Å²) in [7, 11) is 0. The molecule has 0 unspecified atom stereocenters. The lowest BCUT2D eigenvalue weighted by atomic mass is 10.0. The molecule has 1 saturated heterocycles. The van der Waals surface area contributed by atoms with Crippen LogP contribution in [0.1, 0.15) is 52.0 Å². The summed E-state index contributed by atoms with van der Waals surface area (Å²) in [4.78, 5) is 13.9. The number of halogens is 1. The van der Waals surface area contributed by atoms with E-state index in [1.165, 1.54) is 25.7 Å². The molecular formula is C22H27ClN5O2. The third kappa shape index (κ3) is 2.55. The lowest BCUT2D eigenvalue weighted by molar-refractivity contribution is -0.159. The number of rotatable bonds is 5. The van der Waals surface area contributed by atoms with Gasteiger partial charge in [0.25, 0.3) is 0 Å². The van der Waals surface area contributed by atoms with Crippen LogP contribution >= 0.6 is 11.6 Å². The minimum absolute atomic E-state index is 0.00367. The summed E-state index contributed by atoms with van der Waals surface area (Å²) in [6.45, 7) is 8.47. The zero-order valence-electron chi connectivity index (χ0n) is 17.3. The molecular weight excluding hydrogens is 402 g/mol. The molecule has 7 rings (SSSR count). The zero-order valence-corrected chi connectivity index (χ0v) is 18.1. The van der Waals surface area contributed by atoms with Crippen LogP contribution in [0.3, 0.4) is 0 Å². The number of nitrogens with zero attached hydrogens (tertiary/aromatic N) is 4. The molecule has 1 N–H and O–H groups in total. The highest BCUT2D eigenvalue weighted by Gasteiger charge is 2.73. The Morgan fingerprint density at radius 2 is 1.93 bits per heavy atom. The van der Waals surface area contributed by atoms with Gasteiger partial charge < -0.3 is 19.4 Å². The van der Waals surface area contributed by atoms with Gasteiger partial charge in [-0.15, -0.1) is 0 Å². The zero-order chi connectivity index (χ0) is 20.4. The van der Waals surface area contributed by atoms with Crippen molar-refractivity contribution < 1.29 is 9.47 Å². The SMILES string of the molecule is [CH2][C@@]12C[C@@H]1[C@@H](n1cnc3c(NC(C4CC4)C4CC4)nc(Cl)nc31)[C@@H]1OC(C)(C)O[C@@H]12. The van der Waals surface area contributed by atoms with Crippen LogP contribution in [0, 0.1) is 30.1 Å². The third-order valence-corrected chi connectivity index (χ3v) is 8.07. The molecule has 2 aromatic rings. The second-order valence-corrected chi connectivity index (χ2v) is 10.9. The Hall–Kier alpha value is -1.44. The molecule has 4 aliphatic carbocycles. The number of ether oxygens (including phenoxy) is 2. The Bertz CT molecular complexity index is 1040. The van der Waals surface area contributed by atoms with Crippen molar-refractivity contribution in [2.45, 2.75) is 76.0 Å². The fourth-order valence-electron chi connectivity index (χ4n) is 6.10. The first-order valence-electron chi connectivity index (χ1n) is 11.2.